The normalized spacial score (nSPS) is 20.1. The highest BCUT2D eigenvalue weighted by Crippen LogP contribution is 2.21. The number of aliphatic hydroxyl groups excluding tert-OH is 1. The van der Waals surface area contributed by atoms with Gasteiger partial charge in [0, 0.05) is 11.3 Å². The van der Waals surface area contributed by atoms with Crippen molar-refractivity contribution < 1.29 is 19.1 Å². The third-order valence-corrected chi connectivity index (χ3v) is 4.54. The van der Waals surface area contributed by atoms with Crippen molar-refractivity contribution in [3.05, 3.63) is 53.5 Å². The fraction of sp³-hybridized carbons (Fsp3) is 0.368. The van der Waals surface area contributed by atoms with Crippen LogP contribution >= 0.6 is 0 Å². The Labute approximate surface area is 146 Å². The van der Waals surface area contributed by atoms with E-state index < -0.39 is 6.10 Å². The minimum absolute atomic E-state index is 0.208. The second kappa shape index (κ2) is 7.53. The van der Waals surface area contributed by atoms with Gasteiger partial charge in [0.2, 0.25) is 0 Å². The topological polar surface area (TPSA) is 91.6 Å². The maximum Gasteiger partial charge on any atom is 0.291 e. The van der Waals surface area contributed by atoms with E-state index in [9.17, 15) is 14.7 Å². The number of hydrogen-bond acceptors (Lipinski definition) is 4. The lowest BCUT2D eigenvalue weighted by Gasteiger charge is -2.28. The molecule has 1 aliphatic carbocycles. The SMILES string of the molecule is Cc1ccc(C(=O)NC2CCCCC2O)cc1NC(=O)c1ccco1. The van der Waals surface area contributed by atoms with Crippen LogP contribution in [0.1, 0.15) is 52.2 Å². The highest BCUT2D eigenvalue weighted by atomic mass is 16.3. The molecule has 1 aromatic carbocycles. The number of hydrogen-bond donors (Lipinski definition) is 3. The Bertz CT molecular complexity index is 755. The van der Waals surface area contributed by atoms with Crippen molar-refractivity contribution in [3.8, 4) is 0 Å². The summed E-state index contributed by atoms with van der Waals surface area (Å²) in [6, 6.07) is 8.13. The van der Waals surface area contributed by atoms with E-state index in [1.165, 1.54) is 6.26 Å². The van der Waals surface area contributed by atoms with E-state index in [4.69, 9.17) is 4.42 Å². The average molecular weight is 342 g/mol. The minimum Gasteiger partial charge on any atom is -0.459 e. The van der Waals surface area contributed by atoms with E-state index in [0.717, 1.165) is 24.8 Å². The maximum absolute atomic E-state index is 12.5. The van der Waals surface area contributed by atoms with E-state index >= 15 is 0 Å². The second-order valence-electron chi connectivity index (χ2n) is 6.39. The Morgan fingerprint density at radius 2 is 1.96 bits per heavy atom. The summed E-state index contributed by atoms with van der Waals surface area (Å²) < 4.78 is 5.08. The molecule has 3 rings (SSSR count). The molecule has 1 aromatic heterocycles. The van der Waals surface area contributed by atoms with Gasteiger partial charge in [-0.1, -0.05) is 18.9 Å². The molecule has 6 heteroatoms. The summed E-state index contributed by atoms with van der Waals surface area (Å²) in [6.07, 6.45) is 4.41. The Kier molecular flexibility index (Phi) is 5.19. The van der Waals surface area contributed by atoms with E-state index in [1.807, 2.05) is 6.92 Å². The lowest BCUT2D eigenvalue weighted by Crippen LogP contribution is -2.45. The van der Waals surface area contributed by atoms with E-state index in [-0.39, 0.29) is 23.6 Å². The van der Waals surface area contributed by atoms with Crippen molar-refractivity contribution in [1.29, 1.82) is 0 Å². The molecule has 1 saturated carbocycles. The summed E-state index contributed by atoms with van der Waals surface area (Å²) in [7, 11) is 0. The van der Waals surface area contributed by atoms with Crippen molar-refractivity contribution in [2.75, 3.05) is 5.32 Å². The van der Waals surface area contributed by atoms with E-state index in [0.29, 0.717) is 17.7 Å². The fourth-order valence-electron chi connectivity index (χ4n) is 3.02. The maximum atomic E-state index is 12.5. The minimum atomic E-state index is -0.499. The summed E-state index contributed by atoms with van der Waals surface area (Å²) in [4.78, 5) is 24.6. The van der Waals surface area contributed by atoms with Gasteiger partial charge in [-0.15, -0.1) is 0 Å². The number of amides is 2. The number of aliphatic hydroxyl groups is 1. The molecule has 3 N–H and O–H groups in total. The number of carbonyl (C=O) groups excluding carboxylic acids is 2. The van der Waals surface area contributed by atoms with E-state index in [1.54, 1.807) is 30.3 Å². The van der Waals surface area contributed by atoms with Gasteiger partial charge >= 0.3 is 0 Å². The number of carbonyl (C=O) groups is 2. The molecule has 2 atom stereocenters. The molecule has 2 unspecified atom stereocenters. The summed E-state index contributed by atoms with van der Waals surface area (Å²) in [5, 5.41) is 15.7. The Morgan fingerprint density at radius 1 is 1.16 bits per heavy atom. The molecule has 0 spiro atoms. The molecule has 0 bridgehead atoms. The number of nitrogens with one attached hydrogen (secondary N) is 2. The summed E-state index contributed by atoms with van der Waals surface area (Å²) in [5.41, 5.74) is 1.84. The van der Waals surface area contributed by atoms with Gasteiger partial charge in [0.25, 0.3) is 11.8 Å². The smallest absolute Gasteiger partial charge is 0.291 e. The molecule has 25 heavy (non-hydrogen) atoms. The number of benzene rings is 1. The van der Waals surface area contributed by atoms with Crippen molar-refractivity contribution in [2.24, 2.45) is 0 Å². The predicted octanol–water partition coefficient (Wildman–Crippen LogP) is 2.87. The molecule has 0 saturated heterocycles. The van der Waals surface area contributed by atoms with Crippen LogP contribution in [0.4, 0.5) is 5.69 Å². The third kappa shape index (κ3) is 4.09. The second-order valence-corrected chi connectivity index (χ2v) is 6.39. The first kappa shape index (κ1) is 17.2. The third-order valence-electron chi connectivity index (χ3n) is 4.54. The molecule has 2 amide bonds. The highest BCUT2D eigenvalue weighted by molar-refractivity contribution is 6.04. The van der Waals surface area contributed by atoms with Crippen molar-refractivity contribution >= 4 is 17.5 Å². The zero-order valence-electron chi connectivity index (χ0n) is 14.1. The Morgan fingerprint density at radius 3 is 2.68 bits per heavy atom. The van der Waals surface area contributed by atoms with Gasteiger partial charge in [-0.25, -0.2) is 0 Å². The largest absolute Gasteiger partial charge is 0.459 e. The zero-order valence-corrected chi connectivity index (χ0v) is 14.1. The Balaban J connectivity index is 1.72. The highest BCUT2D eigenvalue weighted by Gasteiger charge is 2.25. The van der Waals surface area contributed by atoms with Crippen LogP contribution in [0.2, 0.25) is 0 Å². The van der Waals surface area contributed by atoms with E-state index in [2.05, 4.69) is 10.6 Å². The van der Waals surface area contributed by atoms with Crippen molar-refractivity contribution in [2.45, 2.75) is 44.8 Å². The molecular weight excluding hydrogens is 320 g/mol. The monoisotopic (exact) mass is 342 g/mol. The van der Waals surface area contributed by atoms with Crippen LogP contribution in [-0.4, -0.2) is 29.1 Å². The summed E-state index contributed by atoms with van der Waals surface area (Å²) >= 11 is 0. The van der Waals surface area contributed by atoms with Crippen LogP contribution < -0.4 is 10.6 Å². The first-order valence-electron chi connectivity index (χ1n) is 8.49. The summed E-state index contributed by atoms with van der Waals surface area (Å²) in [6.45, 7) is 1.85. The molecule has 132 valence electrons. The first-order valence-corrected chi connectivity index (χ1v) is 8.49. The zero-order chi connectivity index (χ0) is 17.8. The quantitative estimate of drug-likeness (QED) is 0.797. The number of rotatable bonds is 4. The molecule has 0 aliphatic heterocycles. The molecule has 0 radical (unpaired) electrons. The van der Waals surface area contributed by atoms with Gasteiger partial charge in [-0.3, -0.25) is 9.59 Å². The van der Waals surface area contributed by atoms with Crippen LogP contribution in [-0.2, 0) is 0 Å². The Hall–Kier alpha value is -2.60. The molecular formula is C19H22N2O4. The molecule has 6 nitrogen and oxygen atoms in total. The number of anilines is 1. The van der Waals surface area contributed by atoms with Gasteiger partial charge in [0.1, 0.15) is 0 Å². The first-order chi connectivity index (χ1) is 12.0. The average Bonchev–Trinajstić information content (AvgIpc) is 3.13. The fourth-order valence-corrected chi connectivity index (χ4v) is 3.02. The van der Waals surface area contributed by atoms with Crippen molar-refractivity contribution in [1.82, 2.24) is 5.32 Å². The molecule has 1 heterocycles. The molecule has 1 aliphatic rings. The standard InChI is InChI=1S/C19H22N2O4/c1-12-8-9-13(18(23)20-14-5-2-3-6-16(14)22)11-15(12)21-19(24)17-7-4-10-25-17/h4,7-11,14,16,22H,2-3,5-6H2,1H3,(H,20,23)(H,21,24). The molecule has 2 aromatic rings. The number of aryl methyl sites for hydroxylation is 1. The molecule has 1 fully saturated rings. The van der Waals surface area contributed by atoms with Gasteiger partial charge in [0.15, 0.2) is 5.76 Å². The van der Waals surface area contributed by atoms with Crippen molar-refractivity contribution in [3.63, 3.8) is 0 Å². The number of furan rings is 1. The van der Waals surface area contributed by atoms with Gasteiger partial charge in [0.05, 0.1) is 18.4 Å². The lowest BCUT2D eigenvalue weighted by molar-refractivity contribution is 0.0717. The van der Waals surface area contributed by atoms with Gasteiger partial charge < -0.3 is 20.2 Å². The van der Waals surface area contributed by atoms with Gasteiger partial charge in [-0.05, 0) is 49.6 Å². The van der Waals surface area contributed by atoms with Gasteiger partial charge in [-0.2, -0.15) is 0 Å². The summed E-state index contributed by atoms with van der Waals surface area (Å²) in [5.74, 6) is -0.410. The van der Waals surface area contributed by atoms with Crippen LogP contribution in [0.5, 0.6) is 0 Å². The predicted molar refractivity (Wildman–Crippen MR) is 93.6 cm³/mol. The van der Waals surface area contributed by atoms with Crippen LogP contribution in [0.25, 0.3) is 0 Å². The van der Waals surface area contributed by atoms with Crippen LogP contribution in [0, 0.1) is 6.92 Å². The lowest BCUT2D eigenvalue weighted by atomic mass is 9.92. The van der Waals surface area contributed by atoms with Crippen LogP contribution in [0.3, 0.4) is 0 Å². The van der Waals surface area contributed by atoms with Crippen LogP contribution in [0.15, 0.2) is 41.0 Å².